The number of aromatic hydroxyl groups is 1. The van der Waals surface area contributed by atoms with Gasteiger partial charge in [-0.1, -0.05) is 0 Å². The van der Waals surface area contributed by atoms with Crippen LogP contribution in [0, 0.1) is 10.1 Å². The first-order valence-corrected chi connectivity index (χ1v) is 4.57. The highest BCUT2D eigenvalue weighted by molar-refractivity contribution is 6.00. The van der Waals surface area contributed by atoms with Crippen LogP contribution in [0.25, 0.3) is 0 Å². The quantitative estimate of drug-likeness (QED) is 0.469. The molecule has 1 rings (SSSR count). The van der Waals surface area contributed by atoms with E-state index >= 15 is 0 Å². The van der Waals surface area contributed by atoms with Crippen molar-refractivity contribution in [3.8, 4) is 5.75 Å². The molecule has 0 aliphatic rings. The monoisotopic (exact) mass is 224 g/mol. The Balaban J connectivity index is 3.07. The number of nitro benzene ring substituents is 1. The second kappa shape index (κ2) is 4.71. The number of benzene rings is 1. The van der Waals surface area contributed by atoms with Crippen LogP contribution in [-0.2, 0) is 0 Å². The zero-order valence-electron chi connectivity index (χ0n) is 9.01. The Morgan fingerprint density at radius 1 is 1.50 bits per heavy atom. The molecule has 86 valence electrons. The van der Waals surface area contributed by atoms with Crippen molar-refractivity contribution in [3.05, 3.63) is 33.9 Å². The molecule has 1 N–H and O–H groups in total. The van der Waals surface area contributed by atoms with Crippen molar-refractivity contribution >= 4 is 11.5 Å². The van der Waals surface area contributed by atoms with Crippen molar-refractivity contribution in [2.45, 2.75) is 0 Å². The molecule has 0 aliphatic heterocycles. The van der Waals surface area contributed by atoms with Crippen LogP contribution in [0.3, 0.4) is 0 Å². The first-order valence-electron chi connectivity index (χ1n) is 4.57. The molecular weight excluding hydrogens is 212 g/mol. The Morgan fingerprint density at radius 2 is 2.12 bits per heavy atom. The van der Waals surface area contributed by atoms with Crippen molar-refractivity contribution in [2.75, 3.05) is 20.6 Å². The van der Waals surface area contributed by atoms with Gasteiger partial charge in [-0.05, 0) is 20.2 Å². The maximum Gasteiger partial charge on any atom is 0.270 e. The van der Waals surface area contributed by atoms with E-state index in [9.17, 15) is 20.0 Å². The third kappa shape index (κ3) is 2.77. The molecule has 1 aromatic carbocycles. The number of likely N-dealkylation sites (N-methyl/N-ethyl adjacent to an activating group) is 1. The minimum absolute atomic E-state index is 0.0251. The van der Waals surface area contributed by atoms with E-state index < -0.39 is 4.92 Å². The summed E-state index contributed by atoms with van der Waals surface area (Å²) in [4.78, 5) is 23.2. The number of nitrogens with zero attached hydrogens (tertiary/aromatic N) is 2. The number of carbonyl (C=O) groups is 1. The number of hydrogen-bond donors (Lipinski definition) is 1. The number of ketones is 1. The van der Waals surface area contributed by atoms with Gasteiger partial charge in [0.25, 0.3) is 5.69 Å². The van der Waals surface area contributed by atoms with E-state index in [1.165, 1.54) is 0 Å². The van der Waals surface area contributed by atoms with Crippen molar-refractivity contribution < 1.29 is 14.8 Å². The maximum absolute atomic E-state index is 11.6. The zero-order valence-corrected chi connectivity index (χ0v) is 9.01. The van der Waals surface area contributed by atoms with E-state index in [0.717, 1.165) is 18.2 Å². The van der Waals surface area contributed by atoms with E-state index in [0.29, 0.717) is 0 Å². The van der Waals surface area contributed by atoms with Crippen LogP contribution in [0.2, 0.25) is 0 Å². The van der Waals surface area contributed by atoms with Crippen molar-refractivity contribution in [3.63, 3.8) is 0 Å². The molecule has 6 nitrogen and oxygen atoms in total. The fourth-order valence-electron chi connectivity index (χ4n) is 1.23. The van der Waals surface area contributed by atoms with Crippen molar-refractivity contribution in [1.29, 1.82) is 0 Å². The van der Waals surface area contributed by atoms with Gasteiger partial charge in [-0.25, -0.2) is 0 Å². The summed E-state index contributed by atoms with van der Waals surface area (Å²) in [5, 5.41) is 19.9. The predicted molar refractivity (Wildman–Crippen MR) is 57.6 cm³/mol. The van der Waals surface area contributed by atoms with Gasteiger partial charge in [-0.3, -0.25) is 14.9 Å². The molecule has 0 saturated heterocycles. The van der Waals surface area contributed by atoms with E-state index in [4.69, 9.17) is 0 Å². The first-order chi connectivity index (χ1) is 7.41. The smallest absolute Gasteiger partial charge is 0.270 e. The van der Waals surface area contributed by atoms with Gasteiger partial charge in [-0.15, -0.1) is 0 Å². The fourth-order valence-corrected chi connectivity index (χ4v) is 1.23. The molecule has 0 unspecified atom stereocenters. The number of phenolic OH excluding ortho intramolecular Hbond substituents is 1. The third-order valence-corrected chi connectivity index (χ3v) is 1.95. The number of hydrogen-bond acceptors (Lipinski definition) is 5. The van der Waals surface area contributed by atoms with Crippen LogP contribution in [0.5, 0.6) is 5.75 Å². The van der Waals surface area contributed by atoms with Crippen LogP contribution in [-0.4, -0.2) is 41.4 Å². The molecule has 0 heterocycles. The van der Waals surface area contributed by atoms with Gasteiger partial charge in [0.15, 0.2) is 5.78 Å². The molecular formula is C10H12N2O4. The Morgan fingerprint density at radius 3 is 2.62 bits per heavy atom. The summed E-state index contributed by atoms with van der Waals surface area (Å²) in [6.07, 6.45) is 0. The second-order valence-corrected chi connectivity index (χ2v) is 3.62. The number of rotatable bonds is 4. The molecule has 16 heavy (non-hydrogen) atoms. The standard InChI is InChI=1S/C10H12N2O4/c1-11(2)6-10(14)8-5-7(12(15)16)3-4-9(8)13/h3-5,13H,6H2,1-2H3. The topological polar surface area (TPSA) is 83.7 Å². The minimum Gasteiger partial charge on any atom is -0.507 e. The Kier molecular flexibility index (Phi) is 3.57. The maximum atomic E-state index is 11.6. The van der Waals surface area contributed by atoms with Crippen LogP contribution < -0.4 is 0 Å². The highest BCUT2D eigenvalue weighted by Crippen LogP contribution is 2.23. The van der Waals surface area contributed by atoms with Gasteiger partial charge in [0.2, 0.25) is 0 Å². The van der Waals surface area contributed by atoms with Gasteiger partial charge in [0.05, 0.1) is 17.0 Å². The molecule has 0 bridgehead atoms. The molecule has 0 aliphatic carbocycles. The number of carbonyl (C=O) groups excluding carboxylic acids is 1. The normalized spacial score (nSPS) is 10.4. The largest absolute Gasteiger partial charge is 0.507 e. The minimum atomic E-state index is -0.605. The molecule has 0 radical (unpaired) electrons. The summed E-state index contributed by atoms with van der Waals surface area (Å²) in [5.41, 5.74) is -0.234. The second-order valence-electron chi connectivity index (χ2n) is 3.62. The first kappa shape index (κ1) is 12.1. The Labute approximate surface area is 92.3 Å². The molecule has 0 amide bonds. The van der Waals surface area contributed by atoms with Gasteiger partial charge in [0, 0.05) is 12.1 Å². The summed E-state index contributed by atoms with van der Waals surface area (Å²) < 4.78 is 0. The summed E-state index contributed by atoms with van der Waals surface area (Å²) in [6, 6.07) is 3.39. The zero-order chi connectivity index (χ0) is 12.3. The predicted octanol–water partition coefficient (Wildman–Crippen LogP) is 1.04. The average Bonchev–Trinajstić information content (AvgIpc) is 2.16. The summed E-state index contributed by atoms with van der Waals surface area (Å²) >= 11 is 0. The van der Waals surface area contributed by atoms with Crippen LogP contribution in [0.4, 0.5) is 5.69 Å². The third-order valence-electron chi connectivity index (χ3n) is 1.95. The molecule has 0 fully saturated rings. The summed E-state index contributed by atoms with van der Waals surface area (Å²) in [7, 11) is 3.40. The van der Waals surface area contributed by atoms with E-state index in [1.54, 1.807) is 19.0 Å². The van der Waals surface area contributed by atoms with Gasteiger partial charge >= 0.3 is 0 Å². The number of phenols is 1. The van der Waals surface area contributed by atoms with Crippen LogP contribution >= 0.6 is 0 Å². The van der Waals surface area contributed by atoms with Gasteiger partial charge in [0.1, 0.15) is 5.75 Å². The fraction of sp³-hybridized carbons (Fsp3) is 0.300. The highest BCUT2D eigenvalue weighted by Gasteiger charge is 2.16. The van der Waals surface area contributed by atoms with Crippen LogP contribution in [0.15, 0.2) is 18.2 Å². The molecule has 6 heteroatoms. The van der Waals surface area contributed by atoms with E-state index in [2.05, 4.69) is 0 Å². The highest BCUT2D eigenvalue weighted by atomic mass is 16.6. The SMILES string of the molecule is CN(C)CC(=O)c1cc([N+](=O)[O-])ccc1O. The molecule has 0 aromatic heterocycles. The Hall–Kier alpha value is -1.95. The summed E-state index contributed by atoms with van der Waals surface area (Å²) in [6.45, 7) is 0.0920. The lowest BCUT2D eigenvalue weighted by Gasteiger charge is -2.09. The lowest BCUT2D eigenvalue weighted by atomic mass is 10.1. The number of Topliss-reactive ketones (excluding diaryl/α,β-unsaturated/α-hetero) is 1. The average molecular weight is 224 g/mol. The van der Waals surface area contributed by atoms with E-state index in [1.807, 2.05) is 0 Å². The van der Waals surface area contributed by atoms with E-state index in [-0.39, 0.29) is 29.3 Å². The number of nitro groups is 1. The lowest BCUT2D eigenvalue weighted by Crippen LogP contribution is -2.21. The van der Waals surface area contributed by atoms with Crippen molar-refractivity contribution in [2.24, 2.45) is 0 Å². The van der Waals surface area contributed by atoms with Gasteiger partial charge in [-0.2, -0.15) is 0 Å². The molecule has 0 saturated carbocycles. The van der Waals surface area contributed by atoms with Crippen molar-refractivity contribution in [1.82, 2.24) is 4.90 Å². The number of non-ortho nitro benzene ring substituents is 1. The molecule has 0 spiro atoms. The Bertz CT molecular complexity index is 429. The van der Waals surface area contributed by atoms with Crippen LogP contribution in [0.1, 0.15) is 10.4 Å². The summed E-state index contributed by atoms with van der Waals surface area (Å²) in [5.74, 6) is -0.594. The van der Waals surface area contributed by atoms with Gasteiger partial charge < -0.3 is 10.0 Å². The molecule has 1 aromatic rings. The molecule has 0 atom stereocenters. The lowest BCUT2D eigenvalue weighted by molar-refractivity contribution is -0.384.